The third kappa shape index (κ3) is 4.92. The van der Waals surface area contributed by atoms with Gasteiger partial charge in [-0.1, -0.05) is 54.6 Å². The second kappa shape index (κ2) is 10.7. The zero-order valence-electron chi connectivity index (χ0n) is 22.2. The molecule has 0 saturated heterocycles. The fraction of sp³-hybridized carbons (Fsp3) is 0.156. The Kier molecular flexibility index (Phi) is 6.76. The Morgan fingerprint density at radius 2 is 1.52 bits per heavy atom. The number of aromatic amines is 2. The molecule has 1 aliphatic heterocycles. The van der Waals surface area contributed by atoms with Crippen LogP contribution in [0.5, 0.6) is 11.5 Å². The first kappa shape index (κ1) is 25.3. The topological polar surface area (TPSA) is 100 Å². The van der Waals surface area contributed by atoms with Gasteiger partial charge in [0.1, 0.15) is 17.1 Å². The first-order valence-electron chi connectivity index (χ1n) is 13.0. The SMILES string of the molecule is COc1ccc(/C=C2\CN(Cc3ccccc3)Cc3c2nc2[nH]c(=O)[nH]c(=O)c2c3-c2ccc(OC)cc2)cc1. The van der Waals surface area contributed by atoms with Crippen molar-refractivity contribution >= 4 is 22.7 Å². The lowest BCUT2D eigenvalue weighted by atomic mass is 9.89. The summed E-state index contributed by atoms with van der Waals surface area (Å²) in [6.07, 6.45) is 2.11. The number of nitrogens with zero attached hydrogens (tertiary/aromatic N) is 2. The van der Waals surface area contributed by atoms with Gasteiger partial charge in [-0.25, -0.2) is 9.78 Å². The molecule has 0 bridgehead atoms. The van der Waals surface area contributed by atoms with E-state index in [9.17, 15) is 9.59 Å². The molecule has 2 N–H and O–H groups in total. The summed E-state index contributed by atoms with van der Waals surface area (Å²) in [5.74, 6) is 1.49. The van der Waals surface area contributed by atoms with Gasteiger partial charge in [0.15, 0.2) is 0 Å². The van der Waals surface area contributed by atoms with E-state index in [1.54, 1.807) is 14.2 Å². The van der Waals surface area contributed by atoms with Crippen LogP contribution in [0.2, 0.25) is 0 Å². The third-order valence-corrected chi connectivity index (χ3v) is 7.15. The average molecular weight is 533 g/mol. The maximum Gasteiger partial charge on any atom is 0.327 e. The molecule has 0 saturated carbocycles. The lowest BCUT2D eigenvalue weighted by Gasteiger charge is -2.32. The van der Waals surface area contributed by atoms with Crippen LogP contribution in [-0.4, -0.2) is 40.6 Å². The molecule has 0 amide bonds. The van der Waals surface area contributed by atoms with Crippen molar-refractivity contribution in [1.29, 1.82) is 0 Å². The van der Waals surface area contributed by atoms with E-state index in [2.05, 4.69) is 33.1 Å². The molecule has 0 spiro atoms. The van der Waals surface area contributed by atoms with Crippen molar-refractivity contribution in [2.45, 2.75) is 13.1 Å². The van der Waals surface area contributed by atoms with Crippen LogP contribution >= 0.6 is 0 Å². The number of ether oxygens (including phenoxy) is 2. The summed E-state index contributed by atoms with van der Waals surface area (Å²) >= 11 is 0. The van der Waals surface area contributed by atoms with Crippen molar-refractivity contribution in [2.75, 3.05) is 20.8 Å². The molecule has 40 heavy (non-hydrogen) atoms. The molecule has 0 atom stereocenters. The fourth-order valence-electron chi connectivity index (χ4n) is 5.30. The minimum absolute atomic E-state index is 0.260. The van der Waals surface area contributed by atoms with Crippen LogP contribution < -0.4 is 20.7 Å². The fourth-order valence-corrected chi connectivity index (χ4v) is 5.30. The van der Waals surface area contributed by atoms with Crippen molar-refractivity contribution in [2.24, 2.45) is 0 Å². The molecule has 6 rings (SSSR count). The summed E-state index contributed by atoms with van der Waals surface area (Å²) in [5.41, 5.74) is 5.65. The maximum absolute atomic E-state index is 13.2. The van der Waals surface area contributed by atoms with Gasteiger partial charge in [0.05, 0.1) is 25.3 Å². The summed E-state index contributed by atoms with van der Waals surface area (Å²) in [7, 11) is 3.26. The van der Waals surface area contributed by atoms with Crippen LogP contribution in [0.3, 0.4) is 0 Å². The Bertz CT molecular complexity index is 1820. The van der Waals surface area contributed by atoms with Gasteiger partial charge in [-0.3, -0.25) is 19.7 Å². The summed E-state index contributed by atoms with van der Waals surface area (Å²) in [6, 6.07) is 25.7. The van der Waals surface area contributed by atoms with Crippen LogP contribution in [0, 0.1) is 0 Å². The highest BCUT2D eigenvalue weighted by Gasteiger charge is 2.28. The molecule has 3 aromatic carbocycles. The molecule has 0 radical (unpaired) electrons. The lowest BCUT2D eigenvalue weighted by molar-refractivity contribution is 0.283. The van der Waals surface area contributed by atoms with Crippen molar-refractivity contribution in [3.8, 4) is 22.6 Å². The molecular weight excluding hydrogens is 504 g/mol. The molecule has 2 aromatic heterocycles. The lowest BCUT2D eigenvalue weighted by Crippen LogP contribution is -2.32. The van der Waals surface area contributed by atoms with E-state index in [-0.39, 0.29) is 5.65 Å². The van der Waals surface area contributed by atoms with E-state index in [0.717, 1.165) is 45.8 Å². The second-order valence-electron chi connectivity index (χ2n) is 9.75. The van der Waals surface area contributed by atoms with Crippen LogP contribution in [0.4, 0.5) is 0 Å². The predicted molar refractivity (Wildman–Crippen MR) is 156 cm³/mol. The monoisotopic (exact) mass is 532 g/mol. The first-order chi connectivity index (χ1) is 19.5. The minimum atomic E-state index is -0.590. The van der Waals surface area contributed by atoms with Gasteiger partial charge in [0.2, 0.25) is 0 Å². The van der Waals surface area contributed by atoms with Gasteiger partial charge in [0, 0.05) is 30.8 Å². The number of benzene rings is 3. The average Bonchev–Trinajstić information content (AvgIpc) is 2.97. The van der Waals surface area contributed by atoms with Crippen LogP contribution in [-0.2, 0) is 13.1 Å². The molecule has 8 nitrogen and oxygen atoms in total. The number of hydrogen-bond donors (Lipinski definition) is 2. The standard InChI is InChI=1S/C32H28N4O4/c1-39-24-12-8-20(9-13-24)16-23-18-36(17-21-6-4-3-5-7-21)19-26-27(22-10-14-25(40-2)15-11-22)28-30(33-29(23)26)34-32(38)35-31(28)37/h3-16H,17-19H2,1-2H3,(H2,33,34,35,37,38)/b23-16+. The van der Waals surface area contributed by atoms with Crippen molar-refractivity contribution in [3.63, 3.8) is 0 Å². The Morgan fingerprint density at radius 1 is 0.850 bits per heavy atom. The normalized spacial score (nSPS) is 14.3. The minimum Gasteiger partial charge on any atom is -0.497 e. The summed E-state index contributed by atoms with van der Waals surface area (Å²) in [6.45, 7) is 1.94. The largest absolute Gasteiger partial charge is 0.497 e. The van der Waals surface area contributed by atoms with E-state index in [1.165, 1.54) is 5.56 Å². The Labute approximate surface area is 230 Å². The Morgan fingerprint density at radius 3 is 2.20 bits per heavy atom. The van der Waals surface area contributed by atoms with E-state index in [1.807, 2.05) is 66.7 Å². The Hall–Kier alpha value is -4.95. The molecule has 5 aromatic rings. The van der Waals surface area contributed by atoms with Crippen LogP contribution in [0.25, 0.3) is 33.8 Å². The van der Waals surface area contributed by atoms with Gasteiger partial charge in [-0.05, 0) is 52.6 Å². The molecule has 3 heterocycles. The number of pyridine rings is 1. The number of hydrogen-bond acceptors (Lipinski definition) is 6. The van der Waals surface area contributed by atoms with E-state index >= 15 is 0 Å². The predicted octanol–water partition coefficient (Wildman–Crippen LogP) is 4.85. The first-order valence-corrected chi connectivity index (χ1v) is 13.0. The summed E-state index contributed by atoms with van der Waals surface area (Å²) < 4.78 is 10.7. The van der Waals surface area contributed by atoms with E-state index in [4.69, 9.17) is 14.5 Å². The zero-order valence-corrected chi connectivity index (χ0v) is 22.2. The highest BCUT2D eigenvalue weighted by Crippen LogP contribution is 2.38. The van der Waals surface area contributed by atoms with Gasteiger partial charge in [0.25, 0.3) is 5.56 Å². The van der Waals surface area contributed by atoms with Crippen molar-refractivity contribution < 1.29 is 9.47 Å². The summed E-state index contributed by atoms with van der Waals surface area (Å²) in [4.78, 5) is 37.9. The van der Waals surface area contributed by atoms with Crippen molar-refractivity contribution in [1.82, 2.24) is 19.9 Å². The van der Waals surface area contributed by atoms with Crippen LogP contribution in [0.1, 0.15) is 22.4 Å². The molecule has 0 fully saturated rings. The second-order valence-corrected chi connectivity index (χ2v) is 9.75. The van der Waals surface area contributed by atoms with E-state index < -0.39 is 11.2 Å². The molecule has 1 aliphatic rings. The number of nitrogens with one attached hydrogen (secondary N) is 2. The third-order valence-electron chi connectivity index (χ3n) is 7.15. The number of fused-ring (bicyclic) bond motifs is 2. The number of H-pyrrole nitrogens is 2. The molecule has 0 unspecified atom stereocenters. The molecular formula is C32H28N4O4. The smallest absolute Gasteiger partial charge is 0.327 e. The summed E-state index contributed by atoms with van der Waals surface area (Å²) in [5, 5.41) is 0.355. The maximum atomic E-state index is 13.2. The van der Waals surface area contributed by atoms with Crippen LogP contribution in [0.15, 0.2) is 88.5 Å². The number of aromatic nitrogens is 3. The highest BCUT2D eigenvalue weighted by molar-refractivity contribution is 5.98. The molecule has 8 heteroatoms. The highest BCUT2D eigenvalue weighted by atomic mass is 16.5. The van der Waals surface area contributed by atoms with Gasteiger partial charge >= 0.3 is 5.69 Å². The van der Waals surface area contributed by atoms with E-state index in [0.29, 0.717) is 24.2 Å². The van der Waals surface area contributed by atoms with Gasteiger partial charge < -0.3 is 9.47 Å². The van der Waals surface area contributed by atoms with Crippen molar-refractivity contribution in [3.05, 3.63) is 122 Å². The molecule has 0 aliphatic carbocycles. The molecule has 200 valence electrons. The zero-order chi connectivity index (χ0) is 27.6. The quantitative estimate of drug-likeness (QED) is 0.324. The van der Waals surface area contributed by atoms with Gasteiger partial charge in [-0.15, -0.1) is 0 Å². The Balaban J connectivity index is 1.60. The number of methoxy groups -OCH3 is 2. The number of rotatable bonds is 6. The van der Waals surface area contributed by atoms with Gasteiger partial charge in [-0.2, -0.15) is 0 Å².